The lowest BCUT2D eigenvalue weighted by atomic mass is 9.68. The van der Waals surface area contributed by atoms with Gasteiger partial charge < -0.3 is 15.2 Å². The molecule has 0 radical (unpaired) electrons. The number of methoxy groups -OCH3 is 1. The van der Waals surface area contributed by atoms with Gasteiger partial charge >= 0.3 is 5.97 Å². The second-order valence-electron chi connectivity index (χ2n) is 4.26. The number of amides is 1. The van der Waals surface area contributed by atoms with Crippen LogP contribution in [0.2, 0.25) is 0 Å². The van der Waals surface area contributed by atoms with Gasteiger partial charge in [0.25, 0.3) is 0 Å². The number of esters is 1. The zero-order chi connectivity index (χ0) is 12.4. The van der Waals surface area contributed by atoms with Crippen LogP contribution < -0.4 is 5.32 Å². The third kappa shape index (κ3) is 1.69. The number of hydrogen-bond acceptors (Lipinski definition) is 4. The molecule has 0 saturated carbocycles. The average molecular weight is 229 g/mol. The fraction of sp³-hybridized carbons (Fsp3) is 0.818. The highest BCUT2D eigenvalue weighted by Gasteiger charge is 2.58. The zero-order valence-corrected chi connectivity index (χ0v) is 10.0. The third-order valence-electron chi connectivity index (χ3n) is 3.74. The van der Waals surface area contributed by atoms with Crippen molar-refractivity contribution in [2.24, 2.45) is 5.41 Å². The first-order chi connectivity index (χ1) is 7.45. The Labute approximate surface area is 95.2 Å². The van der Waals surface area contributed by atoms with E-state index in [0.29, 0.717) is 12.8 Å². The van der Waals surface area contributed by atoms with Crippen molar-refractivity contribution in [2.75, 3.05) is 13.7 Å². The van der Waals surface area contributed by atoms with E-state index in [2.05, 4.69) is 10.1 Å². The predicted molar refractivity (Wildman–Crippen MR) is 57.6 cm³/mol. The topological polar surface area (TPSA) is 75.6 Å². The van der Waals surface area contributed by atoms with E-state index in [9.17, 15) is 14.7 Å². The summed E-state index contributed by atoms with van der Waals surface area (Å²) in [6.45, 7) is 3.80. The van der Waals surface area contributed by atoms with E-state index in [1.165, 1.54) is 7.11 Å². The Morgan fingerprint density at radius 1 is 1.50 bits per heavy atom. The first-order valence-electron chi connectivity index (χ1n) is 5.53. The van der Waals surface area contributed by atoms with Crippen LogP contribution in [0, 0.1) is 5.41 Å². The van der Waals surface area contributed by atoms with Gasteiger partial charge in [-0.1, -0.05) is 13.8 Å². The zero-order valence-electron chi connectivity index (χ0n) is 10.0. The van der Waals surface area contributed by atoms with E-state index >= 15 is 0 Å². The van der Waals surface area contributed by atoms with Crippen LogP contribution in [0.5, 0.6) is 0 Å². The smallest absolute Gasteiger partial charge is 0.308 e. The molecule has 1 rings (SSSR count). The summed E-state index contributed by atoms with van der Waals surface area (Å²) >= 11 is 0. The molecule has 0 aromatic rings. The molecule has 1 amide bonds. The minimum absolute atomic E-state index is 0.114. The highest BCUT2D eigenvalue weighted by molar-refractivity contribution is 5.88. The van der Waals surface area contributed by atoms with Crippen molar-refractivity contribution in [1.82, 2.24) is 5.32 Å². The van der Waals surface area contributed by atoms with Crippen molar-refractivity contribution in [3.63, 3.8) is 0 Å². The summed E-state index contributed by atoms with van der Waals surface area (Å²) in [6, 6.07) is 0. The molecule has 1 atom stereocenters. The average Bonchev–Trinajstić information content (AvgIpc) is 2.51. The van der Waals surface area contributed by atoms with Crippen LogP contribution in [0.3, 0.4) is 0 Å². The molecule has 92 valence electrons. The van der Waals surface area contributed by atoms with Gasteiger partial charge in [-0.05, 0) is 12.8 Å². The molecular formula is C11H19NO4. The van der Waals surface area contributed by atoms with Gasteiger partial charge in [-0.15, -0.1) is 0 Å². The Hall–Kier alpha value is -1.10. The molecule has 1 unspecified atom stereocenters. The number of rotatable bonds is 4. The summed E-state index contributed by atoms with van der Waals surface area (Å²) < 4.78 is 4.56. The molecule has 5 heteroatoms. The highest BCUT2D eigenvalue weighted by Crippen LogP contribution is 2.44. The predicted octanol–water partition coefficient (Wildman–Crippen LogP) is 0.217. The number of carbonyl (C=O) groups is 2. The molecule has 0 spiro atoms. The van der Waals surface area contributed by atoms with Crippen molar-refractivity contribution in [3.8, 4) is 0 Å². The Morgan fingerprint density at radius 2 is 2.06 bits per heavy atom. The summed E-state index contributed by atoms with van der Waals surface area (Å²) in [7, 11) is 1.27. The Kier molecular flexibility index (Phi) is 3.57. The lowest BCUT2D eigenvalue weighted by molar-refractivity contribution is -0.154. The molecule has 1 heterocycles. The summed E-state index contributed by atoms with van der Waals surface area (Å²) in [5.41, 5.74) is -2.21. The van der Waals surface area contributed by atoms with Crippen molar-refractivity contribution < 1.29 is 19.4 Å². The lowest BCUT2D eigenvalue weighted by Gasteiger charge is -2.37. The van der Waals surface area contributed by atoms with Gasteiger partial charge in [0, 0.05) is 6.54 Å². The van der Waals surface area contributed by atoms with E-state index < -0.39 is 17.0 Å². The quantitative estimate of drug-likeness (QED) is 0.676. The molecule has 1 fully saturated rings. The number of carbonyl (C=O) groups excluding carboxylic acids is 2. The molecule has 16 heavy (non-hydrogen) atoms. The summed E-state index contributed by atoms with van der Waals surface area (Å²) in [4.78, 5) is 23.1. The normalized spacial score (nSPS) is 27.6. The molecule has 0 aromatic heterocycles. The molecule has 1 aliphatic heterocycles. The summed E-state index contributed by atoms with van der Waals surface area (Å²) in [5.74, 6) is -0.672. The van der Waals surface area contributed by atoms with Crippen LogP contribution in [0.1, 0.15) is 33.1 Å². The largest absolute Gasteiger partial charge is 0.469 e. The summed E-state index contributed by atoms with van der Waals surface area (Å²) in [5, 5.41) is 13.1. The van der Waals surface area contributed by atoms with E-state index in [1.54, 1.807) is 0 Å². The van der Waals surface area contributed by atoms with Crippen molar-refractivity contribution in [3.05, 3.63) is 0 Å². The summed E-state index contributed by atoms with van der Waals surface area (Å²) in [6.07, 6.45) is 0.857. The van der Waals surface area contributed by atoms with Crippen molar-refractivity contribution in [1.29, 1.82) is 0 Å². The highest BCUT2D eigenvalue weighted by atomic mass is 16.5. The second kappa shape index (κ2) is 4.41. The maximum absolute atomic E-state index is 11.8. The van der Waals surface area contributed by atoms with Crippen LogP contribution in [0.15, 0.2) is 0 Å². The fourth-order valence-corrected chi connectivity index (χ4v) is 2.55. The van der Waals surface area contributed by atoms with Gasteiger partial charge in [0.05, 0.1) is 18.9 Å². The molecule has 5 nitrogen and oxygen atoms in total. The molecule has 1 aliphatic rings. The van der Waals surface area contributed by atoms with Crippen molar-refractivity contribution in [2.45, 2.75) is 38.7 Å². The third-order valence-corrected chi connectivity index (χ3v) is 3.74. The van der Waals surface area contributed by atoms with Gasteiger partial charge in [-0.3, -0.25) is 9.59 Å². The molecular weight excluding hydrogens is 210 g/mol. The van der Waals surface area contributed by atoms with Gasteiger partial charge in [0.2, 0.25) is 5.91 Å². The van der Waals surface area contributed by atoms with Gasteiger partial charge in [0.1, 0.15) is 5.60 Å². The first kappa shape index (κ1) is 13.0. The van der Waals surface area contributed by atoms with E-state index in [-0.39, 0.29) is 18.9 Å². The first-order valence-corrected chi connectivity index (χ1v) is 5.53. The Balaban J connectivity index is 3.01. The van der Waals surface area contributed by atoms with Crippen LogP contribution in [0.4, 0.5) is 0 Å². The molecule has 2 N–H and O–H groups in total. The standard InChI is InChI=1S/C11H19NO4/c1-4-10(5-2)9(14)12-7-11(10,15)6-8(13)16-3/h15H,4-7H2,1-3H3,(H,12,14). The minimum Gasteiger partial charge on any atom is -0.469 e. The maximum Gasteiger partial charge on any atom is 0.308 e. The monoisotopic (exact) mass is 229 g/mol. The molecule has 1 saturated heterocycles. The van der Waals surface area contributed by atoms with Crippen LogP contribution >= 0.6 is 0 Å². The minimum atomic E-state index is -1.33. The van der Waals surface area contributed by atoms with Crippen LogP contribution in [-0.4, -0.2) is 36.2 Å². The molecule has 0 bridgehead atoms. The van der Waals surface area contributed by atoms with Crippen LogP contribution in [0.25, 0.3) is 0 Å². The van der Waals surface area contributed by atoms with E-state index in [0.717, 1.165) is 0 Å². The van der Waals surface area contributed by atoms with E-state index in [1.807, 2.05) is 13.8 Å². The Morgan fingerprint density at radius 3 is 2.50 bits per heavy atom. The molecule has 0 aliphatic carbocycles. The maximum atomic E-state index is 11.8. The number of β-amino-alcohol motifs (C(OH)–C–C–N with tert-alkyl or cyclic N) is 1. The van der Waals surface area contributed by atoms with E-state index in [4.69, 9.17) is 0 Å². The van der Waals surface area contributed by atoms with Gasteiger partial charge in [0.15, 0.2) is 0 Å². The Bertz CT molecular complexity index is 298. The number of hydrogen-bond donors (Lipinski definition) is 2. The second-order valence-corrected chi connectivity index (χ2v) is 4.26. The fourth-order valence-electron chi connectivity index (χ4n) is 2.55. The van der Waals surface area contributed by atoms with Crippen LogP contribution in [-0.2, 0) is 14.3 Å². The molecule has 0 aromatic carbocycles. The number of ether oxygens (including phenoxy) is 1. The van der Waals surface area contributed by atoms with Gasteiger partial charge in [-0.2, -0.15) is 0 Å². The number of aliphatic hydroxyl groups is 1. The number of nitrogens with one attached hydrogen (secondary N) is 1. The van der Waals surface area contributed by atoms with Crippen molar-refractivity contribution >= 4 is 11.9 Å². The van der Waals surface area contributed by atoms with Gasteiger partial charge in [-0.25, -0.2) is 0 Å². The SMILES string of the molecule is CCC1(CC)C(=O)NCC1(O)CC(=O)OC. The lowest BCUT2D eigenvalue weighted by Crippen LogP contribution is -2.50.